The minimum absolute atomic E-state index is 0. The van der Waals surface area contributed by atoms with Crippen LogP contribution in [0.2, 0.25) is 0 Å². The van der Waals surface area contributed by atoms with Crippen molar-refractivity contribution in [3.63, 3.8) is 0 Å². The molecular weight excluding hydrogens is 350 g/mol. The van der Waals surface area contributed by atoms with Gasteiger partial charge in [0.05, 0.1) is 12.0 Å². The molecule has 26 heavy (non-hydrogen) atoms. The van der Waals surface area contributed by atoms with Crippen molar-refractivity contribution in [2.45, 2.75) is 70.6 Å². The average Bonchev–Trinajstić information content (AvgIpc) is 2.62. The summed E-state index contributed by atoms with van der Waals surface area (Å²) in [5.74, 6) is -0.435. The third-order valence-electron chi connectivity index (χ3n) is 6.11. The van der Waals surface area contributed by atoms with Gasteiger partial charge in [-0.2, -0.15) is 0 Å². The molecule has 0 bridgehead atoms. The smallest absolute Gasteiger partial charge is 0.305 e. The number of benzene rings is 1. The van der Waals surface area contributed by atoms with Crippen LogP contribution in [0.1, 0.15) is 63.1 Å². The molecule has 0 aromatic heterocycles. The van der Waals surface area contributed by atoms with Crippen LogP contribution >= 0.6 is 12.4 Å². The molecule has 146 valence electrons. The van der Waals surface area contributed by atoms with E-state index in [0.717, 1.165) is 6.42 Å². The van der Waals surface area contributed by atoms with E-state index in [1.165, 1.54) is 49.8 Å². The van der Waals surface area contributed by atoms with Gasteiger partial charge in [0.15, 0.2) is 0 Å². The van der Waals surface area contributed by atoms with Crippen molar-refractivity contribution < 1.29 is 15.0 Å². The van der Waals surface area contributed by atoms with Crippen LogP contribution in [0.25, 0.3) is 0 Å². The van der Waals surface area contributed by atoms with E-state index in [4.69, 9.17) is 5.11 Å². The maximum atomic E-state index is 10.5. The average molecular weight is 382 g/mol. The highest BCUT2D eigenvalue weighted by Crippen LogP contribution is 2.45. The normalized spacial score (nSPS) is 30.0. The summed E-state index contributed by atoms with van der Waals surface area (Å²) in [6, 6.07) is 9.96. The highest BCUT2D eigenvalue weighted by molar-refractivity contribution is 5.85. The summed E-state index contributed by atoms with van der Waals surface area (Å²) in [6.07, 6.45) is 7.23. The van der Waals surface area contributed by atoms with E-state index in [-0.39, 0.29) is 24.4 Å². The summed E-state index contributed by atoms with van der Waals surface area (Å²) in [7, 11) is 0. The number of aliphatic hydroxyl groups is 1. The molecule has 4 rings (SSSR count). The lowest BCUT2D eigenvalue weighted by molar-refractivity contribution is -0.140. The first-order chi connectivity index (χ1) is 12.0. The Morgan fingerprint density at radius 1 is 1.19 bits per heavy atom. The predicted molar refractivity (Wildman–Crippen MR) is 106 cm³/mol. The molecule has 0 spiro atoms. The highest BCUT2D eigenvalue weighted by Gasteiger charge is 2.45. The zero-order chi connectivity index (χ0) is 18.0. The van der Waals surface area contributed by atoms with Gasteiger partial charge in [-0.3, -0.25) is 9.69 Å². The second kappa shape index (κ2) is 9.20. The van der Waals surface area contributed by atoms with Crippen LogP contribution in [-0.2, 0) is 11.2 Å². The molecule has 1 aromatic rings. The Morgan fingerprint density at radius 3 is 2.54 bits per heavy atom. The second-order valence-electron chi connectivity index (χ2n) is 8.01. The van der Waals surface area contributed by atoms with Crippen molar-refractivity contribution in [2.75, 3.05) is 6.54 Å². The van der Waals surface area contributed by atoms with E-state index in [0.29, 0.717) is 18.0 Å². The summed E-state index contributed by atoms with van der Waals surface area (Å²) in [4.78, 5) is 12.4. The molecule has 1 saturated carbocycles. The van der Waals surface area contributed by atoms with Crippen molar-refractivity contribution in [1.29, 1.82) is 0 Å². The lowest BCUT2D eigenvalue weighted by Gasteiger charge is -2.53. The quantitative estimate of drug-likeness (QED) is 0.770. The minimum Gasteiger partial charge on any atom is -0.481 e. The number of aliphatic hydroxyl groups excluding tert-OH is 1. The minimum atomic E-state index is -0.741. The monoisotopic (exact) mass is 381 g/mol. The fraction of sp³-hybridized carbons (Fsp3) is 0.667. The molecule has 0 amide bonds. The molecule has 1 aliphatic carbocycles. The Kier molecular flexibility index (Phi) is 7.51. The molecule has 0 radical (unpaired) electrons. The van der Waals surface area contributed by atoms with E-state index in [9.17, 15) is 9.90 Å². The lowest BCUT2D eigenvalue weighted by atomic mass is 9.72. The zero-order valence-electron chi connectivity index (χ0n) is 15.8. The third kappa shape index (κ3) is 4.41. The zero-order valence-corrected chi connectivity index (χ0v) is 16.6. The number of carbonyl (C=O) groups is 1. The molecule has 1 aromatic carbocycles. The number of rotatable bonds is 1. The molecule has 2 N–H and O–H groups in total. The number of carboxylic acid groups (broad SMARTS) is 1. The number of aliphatic carboxylic acids is 1. The van der Waals surface area contributed by atoms with Crippen LogP contribution in [0.15, 0.2) is 24.3 Å². The van der Waals surface area contributed by atoms with Crippen LogP contribution < -0.4 is 0 Å². The Hall–Kier alpha value is -1.10. The van der Waals surface area contributed by atoms with Gasteiger partial charge in [0, 0.05) is 24.5 Å². The number of fused-ring (bicyclic) bond motifs is 5. The van der Waals surface area contributed by atoms with Gasteiger partial charge in [0.25, 0.3) is 0 Å². The summed E-state index contributed by atoms with van der Waals surface area (Å²) in [5, 5.41) is 18.5. The molecule has 4 atom stereocenters. The van der Waals surface area contributed by atoms with Gasteiger partial charge in [-0.25, -0.2) is 0 Å². The van der Waals surface area contributed by atoms with Crippen molar-refractivity contribution >= 4 is 18.4 Å². The molecule has 5 heteroatoms. The SMILES string of the molecule is CC(C)C(=O)O.Cl.OC1CC2c3ccccc3CCN2C2CCCCC12. The van der Waals surface area contributed by atoms with Gasteiger partial charge >= 0.3 is 5.97 Å². The van der Waals surface area contributed by atoms with E-state index in [1.807, 2.05) is 0 Å². The topological polar surface area (TPSA) is 60.8 Å². The number of halogens is 1. The molecule has 4 unspecified atom stereocenters. The maximum absolute atomic E-state index is 10.5. The fourth-order valence-electron chi connectivity index (χ4n) is 4.73. The Labute approximate surface area is 163 Å². The molecule has 2 fully saturated rings. The van der Waals surface area contributed by atoms with Crippen LogP contribution in [0.3, 0.4) is 0 Å². The second-order valence-corrected chi connectivity index (χ2v) is 8.01. The Bertz CT molecular complexity index is 607. The number of hydrogen-bond acceptors (Lipinski definition) is 3. The van der Waals surface area contributed by atoms with Crippen LogP contribution in [0, 0.1) is 11.8 Å². The summed E-state index contributed by atoms with van der Waals surface area (Å²) in [6.45, 7) is 4.47. The molecule has 4 nitrogen and oxygen atoms in total. The van der Waals surface area contributed by atoms with E-state index < -0.39 is 5.97 Å². The fourth-order valence-corrected chi connectivity index (χ4v) is 4.73. The number of nitrogens with zero attached hydrogens (tertiary/aromatic N) is 1. The summed E-state index contributed by atoms with van der Waals surface area (Å²) >= 11 is 0. The van der Waals surface area contributed by atoms with Gasteiger partial charge in [-0.05, 0) is 36.8 Å². The van der Waals surface area contributed by atoms with Crippen molar-refractivity contribution in [3.05, 3.63) is 35.4 Å². The van der Waals surface area contributed by atoms with Gasteiger partial charge < -0.3 is 10.2 Å². The molecule has 2 heterocycles. The molecule has 2 aliphatic heterocycles. The summed E-state index contributed by atoms with van der Waals surface area (Å²) in [5.41, 5.74) is 2.99. The Morgan fingerprint density at radius 2 is 1.85 bits per heavy atom. The first kappa shape index (κ1) is 21.2. The van der Waals surface area contributed by atoms with Crippen LogP contribution in [0.5, 0.6) is 0 Å². The maximum Gasteiger partial charge on any atom is 0.305 e. The summed E-state index contributed by atoms with van der Waals surface area (Å²) < 4.78 is 0. The standard InChI is InChI=1S/C17H23NO.C4H8O2.ClH/c19-17-11-16-13-6-2-1-5-12(13)9-10-18(16)15-8-4-3-7-14(15)17;1-3(2)4(5)6;/h1-2,5-6,14-17,19H,3-4,7-11H2;3H,1-2H3,(H,5,6);1H. The van der Waals surface area contributed by atoms with Crippen LogP contribution in [0.4, 0.5) is 0 Å². The molecule has 3 aliphatic rings. The molecule has 1 saturated heterocycles. The van der Waals surface area contributed by atoms with E-state index >= 15 is 0 Å². The van der Waals surface area contributed by atoms with Gasteiger partial charge in [-0.1, -0.05) is 51.0 Å². The van der Waals surface area contributed by atoms with E-state index in [2.05, 4.69) is 29.2 Å². The van der Waals surface area contributed by atoms with Gasteiger partial charge in [-0.15, -0.1) is 12.4 Å². The third-order valence-corrected chi connectivity index (χ3v) is 6.11. The van der Waals surface area contributed by atoms with Gasteiger partial charge in [0.2, 0.25) is 0 Å². The largest absolute Gasteiger partial charge is 0.481 e. The van der Waals surface area contributed by atoms with Crippen molar-refractivity contribution in [3.8, 4) is 0 Å². The first-order valence-corrected chi connectivity index (χ1v) is 9.73. The van der Waals surface area contributed by atoms with Crippen molar-refractivity contribution in [2.24, 2.45) is 11.8 Å². The number of hydrogen-bond donors (Lipinski definition) is 2. The van der Waals surface area contributed by atoms with E-state index in [1.54, 1.807) is 13.8 Å². The van der Waals surface area contributed by atoms with Crippen LogP contribution in [-0.4, -0.2) is 39.8 Å². The first-order valence-electron chi connectivity index (χ1n) is 9.73. The lowest BCUT2D eigenvalue weighted by Crippen LogP contribution is -2.55. The van der Waals surface area contributed by atoms with Gasteiger partial charge in [0.1, 0.15) is 0 Å². The number of carboxylic acids is 1. The molecular formula is C21H32ClNO3. The van der Waals surface area contributed by atoms with Crippen molar-refractivity contribution in [1.82, 2.24) is 4.90 Å². The Balaban J connectivity index is 0.000000305. The highest BCUT2D eigenvalue weighted by atomic mass is 35.5. The predicted octanol–water partition coefficient (Wildman–Crippen LogP) is 4.06. The number of piperidine rings is 1.